The lowest BCUT2D eigenvalue weighted by molar-refractivity contribution is -0.138. The van der Waals surface area contributed by atoms with Crippen LogP contribution < -0.4 is 21.3 Å². The van der Waals surface area contributed by atoms with Gasteiger partial charge in [0, 0.05) is 43.6 Å². The molecule has 1 aliphatic heterocycles. The number of nitrogens with one attached hydrogen (secondary N) is 4. The molecule has 1 aromatic rings. The third kappa shape index (κ3) is 14.9. The zero-order valence-electron chi connectivity index (χ0n) is 24.4. The summed E-state index contributed by atoms with van der Waals surface area (Å²) in [6.07, 6.45) is 10.8. The van der Waals surface area contributed by atoms with Crippen molar-refractivity contribution in [3.05, 3.63) is 0 Å². The van der Waals surface area contributed by atoms with Gasteiger partial charge in [-0.1, -0.05) is 25.7 Å². The van der Waals surface area contributed by atoms with Crippen molar-refractivity contribution in [1.29, 1.82) is 0 Å². The Kier molecular flexibility index (Phi) is 13.7. The fourth-order valence-corrected chi connectivity index (χ4v) is 5.67. The van der Waals surface area contributed by atoms with E-state index in [1.165, 1.54) is 19.3 Å². The second-order valence-electron chi connectivity index (χ2n) is 12.2. The third-order valence-electron chi connectivity index (χ3n) is 6.93. The standard InChI is InChI=1S/C28H51N7O4/c1-27(2)19-21(20-28(3,4)35-27)13-9-12-18-31-26-33-24(29-16-10-5-7-14-22(36)37)32-25(34-26)30-17-11-6-8-15-23(38)39/h21,35H,5-20H2,1-4H3,(H,36,37)(H,38,39)(H3,29,30,31,32,33,34). The Morgan fingerprint density at radius 3 is 1.46 bits per heavy atom. The lowest BCUT2D eigenvalue weighted by atomic mass is 9.74. The van der Waals surface area contributed by atoms with Crippen molar-refractivity contribution in [2.75, 3.05) is 35.6 Å². The van der Waals surface area contributed by atoms with Crippen molar-refractivity contribution in [3.8, 4) is 0 Å². The van der Waals surface area contributed by atoms with E-state index in [0.717, 1.165) is 51.0 Å². The number of carboxylic acid groups (broad SMARTS) is 2. The summed E-state index contributed by atoms with van der Waals surface area (Å²) < 4.78 is 0. The third-order valence-corrected chi connectivity index (χ3v) is 6.93. The molecule has 0 spiro atoms. The van der Waals surface area contributed by atoms with Gasteiger partial charge in [-0.25, -0.2) is 0 Å². The summed E-state index contributed by atoms with van der Waals surface area (Å²) >= 11 is 0. The second kappa shape index (κ2) is 16.4. The molecule has 0 aromatic carbocycles. The van der Waals surface area contributed by atoms with Gasteiger partial charge in [0.25, 0.3) is 0 Å². The monoisotopic (exact) mass is 549 g/mol. The molecule has 6 N–H and O–H groups in total. The number of carboxylic acids is 2. The van der Waals surface area contributed by atoms with Crippen LogP contribution in [0.2, 0.25) is 0 Å². The second-order valence-corrected chi connectivity index (χ2v) is 12.2. The summed E-state index contributed by atoms with van der Waals surface area (Å²) in [5.74, 6) is 0.690. The first kappa shape index (κ1) is 32.5. The molecule has 1 fully saturated rings. The maximum absolute atomic E-state index is 10.7. The number of unbranched alkanes of at least 4 members (excludes halogenated alkanes) is 5. The summed E-state index contributed by atoms with van der Waals surface area (Å²) in [4.78, 5) is 34.9. The van der Waals surface area contributed by atoms with E-state index < -0.39 is 11.9 Å². The van der Waals surface area contributed by atoms with E-state index in [1.54, 1.807) is 0 Å². The van der Waals surface area contributed by atoms with Gasteiger partial charge in [-0.05, 0) is 78.6 Å². The number of carbonyl (C=O) groups is 2. The first-order valence-electron chi connectivity index (χ1n) is 14.6. The van der Waals surface area contributed by atoms with Gasteiger partial charge in [0.15, 0.2) is 0 Å². The largest absolute Gasteiger partial charge is 0.481 e. The Balaban J connectivity index is 1.82. The zero-order chi connectivity index (χ0) is 28.7. The van der Waals surface area contributed by atoms with E-state index in [0.29, 0.717) is 43.8 Å². The number of aliphatic carboxylic acids is 2. The molecule has 2 rings (SSSR count). The maximum Gasteiger partial charge on any atom is 0.303 e. The lowest BCUT2D eigenvalue weighted by Crippen LogP contribution is -2.57. The molecule has 39 heavy (non-hydrogen) atoms. The van der Waals surface area contributed by atoms with E-state index >= 15 is 0 Å². The van der Waals surface area contributed by atoms with Crippen LogP contribution in [0.5, 0.6) is 0 Å². The predicted octanol–water partition coefficient (Wildman–Crippen LogP) is 5.12. The highest BCUT2D eigenvalue weighted by Crippen LogP contribution is 2.35. The highest BCUT2D eigenvalue weighted by Gasteiger charge is 2.37. The van der Waals surface area contributed by atoms with E-state index in [-0.39, 0.29) is 23.9 Å². The van der Waals surface area contributed by atoms with Crippen molar-refractivity contribution in [2.45, 2.75) is 122 Å². The fourth-order valence-electron chi connectivity index (χ4n) is 5.67. The molecule has 1 aromatic heterocycles. The molecule has 222 valence electrons. The predicted molar refractivity (Wildman–Crippen MR) is 155 cm³/mol. The van der Waals surface area contributed by atoms with Gasteiger partial charge in [-0.3, -0.25) is 9.59 Å². The molecule has 11 nitrogen and oxygen atoms in total. The minimum absolute atomic E-state index is 0.175. The van der Waals surface area contributed by atoms with Gasteiger partial charge in [0.05, 0.1) is 0 Å². The van der Waals surface area contributed by atoms with Crippen molar-refractivity contribution in [3.63, 3.8) is 0 Å². The van der Waals surface area contributed by atoms with E-state index in [2.05, 4.69) is 63.9 Å². The summed E-state index contributed by atoms with van der Waals surface area (Å²) in [5.41, 5.74) is 0.351. The van der Waals surface area contributed by atoms with Crippen LogP contribution in [-0.2, 0) is 9.59 Å². The summed E-state index contributed by atoms with van der Waals surface area (Å²) in [7, 11) is 0. The average Bonchev–Trinajstić information content (AvgIpc) is 2.81. The minimum atomic E-state index is -0.766. The highest BCUT2D eigenvalue weighted by molar-refractivity contribution is 5.66. The fraction of sp³-hybridized carbons (Fsp3) is 0.821. The number of aromatic nitrogens is 3. The maximum atomic E-state index is 10.7. The number of anilines is 3. The van der Waals surface area contributed by atoms with Crippen LogP contribution in [0.1, 0.15) is 111 Å². The lowest BCUT2D eigenvalue weighted by Gasteiger charge is -2.46. The molecule has 0 unspecified atom stereocenters. The van der Waals surface area contributed by atoms with Gasteiger partial charge in [0.2, 0.25) is 17.8 Å². The first-order chi connectivity index (χ1) is 18.4. The van der Waals surface area contributed by atoms with Gasteiger partial charge in [-0.2, -0.15) is 15.0 Å². The van der Waals surface area contributed by atoms with E-state index in [1.807, 2.05) is 0 Å². The Bertz CT molecular complexity index is 834. The van der Waals surface area contributed by atoms with Crippen molar-refractivity contribution in [1.82, 2.24) is 20.3 Å². The van der Waals surface area contributed by atoms with Crippen molar-refractivity contribution >= 4 is 29.8 Å². The topological polar surface area (TPSA) is 161 Å². The van der Waals surface area contributed by atoms with Crippen molar-refractivity contribution in [2.24, 2.45) is 5.92 Å². The molecule has 1 saturated heterocycles. The number of hydrogen-bond acceptors (Lipinski definition) is 9. The van der Waals surface area contributed by atoms with Crippen LogP contribution in [-0.4, -0.2) is 67.8 Å². The quantitative estimate of drug-likeness (QED) is 0.120. The number of piperidine rings is 1. The Labute approximate surface area is 233 Å². The normalized spacial score (nSPS) is 16.5. The van der Waals surface area contributed by atoms with Crippen LogP contribution in [0, 0.1) is 5.92 Å². The Hall–Kier alpha value is -2.69. The Morgan fingerprint density at radius 2 is 1.08 bits per heavy atom. The van der Waals surface area contributed by atoms with E-state index in [9.17, 15) is 9.59 Å². The highest BCUT2D eigenvalue weighted by atomic mass is 16.4. The summed E-state index contributed by atoms with van der Waals surface area (Å²) in [6, 6.07) is 0. The molecule has 0 atom stereocenters. The van der Waals surface area contributed by atoms with Gasteiger partial charge >= 0.3 is 11.9 Å². The summed E-state index contributed by atoms with van der Waals surface area (Å²) in [5, 5.41) is 31.1. The summed E-state index contributed by atoms with van der Waals surface area (Å²) in [6.45, 7) is 11.3. The van der Waals surface area contributed by atoms with E-state index in [4.69, 9.17) is 10.2 Å². The molecule has 0 bridgehead atoms. The van der Waals surface area contributed by atoms with Crippen molar-refractivity contribution < 1.29 is 19.8 Å². The van der Waals surface area contributed by atoms with Gasteiger partial charge in [-0.15, -0.1) is 0 Å². The molecule has 0 saturated carbocycles. The molecular formula is C28H51N7O4. The minimum Gasteiger partial charge on any atom is -0.481 e. The molecule has 0 amide bonds. The molecule has 0 aliphatic carbocycles. The smallest absolute Gasteiger partial charge is 0.303 e. The molecular weight excluding hydrogens is 498 g/mol. The number of hydrogen-bond donors (Lipinski definition) is 6. The van der Waals surface area contributed by atoms with Gasteiger partial charge < -0.3 is 31.5 Å². The van der Waals surface area contributed by atoms with Gasteiger partial charge in [0.1, 0.15) is 0 Å². The Morgan fingerprint density at radius 1 is 0.692 bits per heavy atom. The van der Waals surface area contributed by atoms with Crippen LogP contribution >= 0.6 is 0 Å². The molecule has 2 heterocycles. The number of rotatable bonds is 20. The van der Waals surface area contributed by atoms with Crippen LogP contribution in [0.4, 0.5) is 17.8 Å². The van der Waals surface area contributed by atoms with Crippen LogP contribution in [0.15, 0.2) is 0 Å². The number of nitrogens with zero attached hydrogens (tertiary/aromatic N) is 3. The zero-order valence-corrected chi connectivity index (χ0v) is 24.4. The average molecular weight is 550 g/mol. The SMILES string of the molecule is CC1(C)CC(CCCCNc2nc(NCCCCCC(=O)O)nc(NCCCCCC(=O)O)n2)CC(C)(C)N1. The first-order valence-corrected chi connectivity index (χ1v) is 14.6. The van der Waals surface area contributed by atoms with Crippen LogP contribution in [0.25, 0.3) is 0 Å². The molecule has 0 radical (unpaired) electrons. The molecule has 11 heteroatoms. The van der Waals surface area contributed by atoms with Crippen LogP contribution in [0.3, 0.4) is 0 Å². The molecule has 1 aliphatic rings.